The number of carbonyl (C=O) groups is 2. The Morgan fingerprint density at radius 2 is 1.61 bits per heavy atom. The number of Topliss-reactive ketones (excluding diaryl/α,β-unsaturated/α-hetero) is 1. The monoisotopic (exact) mass is 518 g/mol. The Morgan fingerprint density at radius 3 is 2.14 bits per heavy atom. The molecule has 1 aliphatic rings. The van der Waals surface area contributed by atoms with E-state index in [2.05, 4.69) is 0 Å². The highest BCUT2D eigenvalue weighted by atomic mass is 32.2. The number of hydrogen-bond donors (Lipinski definition) is 0. The number of aryl methyl sites for hydroxylation is 3. The van der Waals surface area contributed by atoms with E-state index in [4.69, 9.17) is 4.74 Å². The molecule has 0 saturated carbocycles. The Hall–Kier alpha value is -2.54. The maximum Gasteiger partial charge on any atom is 0.416 e. The molecule has 36 heavy (non-hydrogen) atoms. The van der Waals surface area contributed by atoms with E-state index < -0.39 is 11.7 Å². The van der Waals surface area contributed by atoms with Crippen LogP contribution in [0.25, 0.3) is 5.57 Å². The Labute approximate surface area is 215 Å². The van der Waals surface area contributed by atoms with E-state index in [0.29, 0.717) is 29.9 Å². The normalized spacial score (nSPS) is 17.5. The lowest BCUT2D eigenvalue weighted by atomic mass is 9.77. The van der Waals surface area contributed by atoms with Gasteiger partial charge in [0.25, 0.3) is 0 Å². The first-order valence-electron chi connectivity index (χ1n) is 12.1. The third-order valence-corrected chi connectivity index (χ3v) is 7.87. The summed E-state index contributed by atoms with van der Waals surface area (Å²) >= 11 is 1.46. The van der Waals surface area contributed by atoms with Crippen LogP contribution in [-0.4, -0.2) is 17.5 Å². The molecule has 0 saturated heterocycles. The molecule has 2 aromatic rings. The number of alkyl halides is 3. The molecule has 194 valence electrons. The molecule has 2 aromatic carbocycles. The summed E-state index contributed by atoms with van der Waals surface area (Å²) in [5, 5.41) is 0. The summed E-state index contributed by atoms with van der Waals surface area (Å²) in [7, 11) is 0. The third-order valence-electron chi connectivity index (χ3n) is 6.57. The summed E-state index contributed by atoms with van der Waals surface area (Å²) < 4.78 is 44.3. The molecular weight excluding hydrogens is 485 g/mol. The molecule has 2 atom stereocenters. The number of carbonyl (C=O) groups excluding carboxylic acids is 2. The van der Waals surface area contributed by atoms with Gasteiger partial charge in [0, 0.05) is 23.5 Å². The molecule has 0 aliphatic heterocycles. The Bertz CT molecular complexity index is 1140. The summed E-state index contributed by atoms with van der Waals surface area (Å²) in [4.78, 5) is 26.8. The van der Waals surface area contributed by atoms with Crippen LogP contribution in [0.5, 0.6) is 0 Å². The van der Waals surface area contributed by atoms with Gasteiger partial charge in [-0.25, -0.2) is 0 Å². The smallest absolute Gasteiger partial charge is 0.416 e. The van der Waals surface area contributed by atoms with Crippen molar-refractivity contribution in [1.82, 2.24) is 0 Å². The van der Waals surface area contributed by atoms with Crippen LogP contribution in [0, 0.1) is 38.5 Å². The van der Waals surface area contributed by atoms with Crippen molar-refractivity contribution in [1.29, 1.82) is 0 Å². The molecule has 0 spiro atoms. The molecule has 3 rings (SSSR count). The SMILES string of the molecule is Cc1cc(C)c(C2=C(OC(=O)C(C)C)CC(C(C)CSc3ccc(C(F)(F)F)cc3)CC2=O)c(C)c1. The summed E-state index contributed by atoms with van der Waals surface area (Å²) in [5.74, 6) is 0.356. The molecule has 0 aromatic heterocycles. The minimum atomic E-state index is -4.36. The number of halogens is 3. The van der Waals surface area contributed by atoms with Crippen LogP contribution >= 0.6 is 11.8 Å². The van der Waals surface area contributed by atoms with Crippen molar-refractivity contribution in [2.75, 3.05) is 5.75 Å². The second-order valence-corrected chi connectivity index (χ2v) is 11.1. The van der Waals surface area contributed by atoms with Crippen LogP contribution in [0.15, 0.2) is 47.1 Å². The van der Waals surface area contributed by atoms with E-state index >= 15 is 0 Å². The minimum Gasteiger partial charge on any atom is -0.430 e. The quantitative estimate of drug-likeness (QED) is 0.276. The average Bonchev–Trinajstić information content (AvgIpc) is 2.77. The summed E-state index contributed by atoms with van der Waals surface area (Å²) in [5.41, 5.74) is 3.70. The summed E-state index contributed by atoms with van der Waals surface area (Å²) in [6.45, 7) is 11.5. The molecule has 0 N–H and O–H groups in total. The van der Waals surface area contributed by atoms with Crippen molar-refractivity contribution in [2.24, 2.45) is 17.8 Å². The number of esters is 1. The first-order valence-corrected chi connectivity index (χ1v) is 13.1. The Balaban J connectivity index is 1.84. The zero-order valence-electron chi connectivity index (χ0n) is 21.6. The van der Waals surface area contributed by atoms with Crippen LogP contribution < -0.4 is 0 Å². The molecule has 0 bridgehead atoms. The Kier molecular flexibility index (Phi) is 8.75. The second-order valence-electron chi connectivity index (χ2n) is 10.0. The number of benzene rings is 2. The topological polar surface area (TPSA) is 43.4 Å². The van der Waals surface area contributed by atoms with E-state index in [1.807, 2.05) is 39.8 Å². The minimum absolute atomic E-state index is 0.0378. The number of hydrogen-bond acceptors (Lipinski definition) is 4. The van der Waals surface area contributed by atoms with Gasteiger partial charge in [0.2, 0.25) is 0 Å². The first kappa shape index (κ1) is 28.0. The third kappa shape index (κ3) is 6.61. The maximum atomic E-state index is 13.5. The number of allylic oxidation sites excluding steroid dienone is 2. The van der Waals surface area contributed by atoms with Gasteiger partial charge in [-0.15, -0.1) is 11.8 Å². The fraction of sp³-hybridized carbons (Fsp3) is 0.448. The average molecular weight is 519 g/mol. The van der Waals surface area contributed by atoms with Crippen molar-refractivity contribution in [3.05, 3.63) is 70.0 Å². The molecule has 0 heterocycles. The van der Waals surface area contributed by atoms with Gasteiger partial charge >= 0.3 is 12.1 Å². The van der Waals surface area contributed by atoms with Crippen LogP contribution in [-0.2, 0) is 20.5 Å². The van der Waals surface area contributed by atoms with Gasteiger partial charge in [0.15, 0.2) is 5.78 Å². The lowest BCUT2D eigenvalue weighted by Gasteiger charge is -2.31. The van der Waals surface area contributed by atoms with E-state index in [1.54, 1.807) is 13.8 Å². The molecule has 3 nitrogen and oxygen atoms in total. The molecule has 2 unspecified atom stereocenters. The molecular formula is C29H33F3O3S. The maximum absolute atomic E-state index is 13.5. The van der Waals surface area contributed by atoms with Crippen LogP contribution in [0.2, 0.25) is 0 Å². The number of rotatable bonds is 7. The molecule has 1 aliphatic carbocycles. The van der Waals surface area contributed by atoms with Gasteiger partial charge in [0.1, 0.15) is 5.76 Å². The highest BCUT2D eigenvalue weighted by molar-refractivity contribution is 7.99. The van der Waals surface area contributed by atoms with Crippen LogP contribution in [0.1, 0.15) is 61.4 Å². The van der Waals surface area contributed by atoms with Gasteiger partial charge in [0.05, 0.1) is 17.1 Å². The van der Waals surface area contributed by atoms with Crippen molar-refractivity contribution in [3.63, 3.8) is 0 Å². The highest BCUT2D eigenvalue weighted by Gasteiger charge is 2.35. The van der Waals surface area contributed by atoms with E-state index in [0.717, 1.165) is 39.3 Å². The molecule has 0 fully saturated rings. The zero-order valence-corrected chi connectivity index (χ0v) is 22.4. The Morgan fingerprint density at radius 1 is 1.03 bits per heavy atom. The van der Waals surface area contributed by atoms with Gasteiger partial charge in [-0.05, 0) is 73.6 Å². The van der Waals surface area contributed by atoms with Crippen molar-refractivity contribution in [2.45, 2.75) is 65.5 Å². The summed E-state index contributed by atoms with van der Waals surface area (Å²) in [6.07, 6.45) is -3.57. The van der Waals surface area contributed by atoms with Crippen LogP contribution in [0.3, 0.4) is 0 Å². The van der Waals surface area contributed by atoms with Gasteiger partial charge in [-0.3, -0.25) is 9.59 Å². The molecule has 7 heteroatoms. The summed E-state index contributed by atoms with van der Waals surface area (Å²) in [6, 6.07) is 9.18. The second kappa shape index (κ2) is 11.2. The lowest BCUT2D eigenvalue weighted by molar-refractivity contribution is -0.143. The fourth-order valence-electron chi connectivity index (χ4n) is 4.60. The van der Waals surface area contributed by atoms with Gasteiger partial charge in [-0.2, -0.15) is 13.2 Å². The van der Waals surface area contributed by atoms with E-state index in [9.17, 15) is 22.8 Å². The fourth-order valence-corrected chi connectivity index (χ4v) is 5.66. The standard InChI is InChI=1S/C29H33F3O3S/c1-16(2)28(34)35-25-14-21(13-24(33)27(25)26-18(4)11-17(3)12-19(26)5)20(6)15-36-23-9-7-22(8-10-23)29(30,31)32/h7-12,16,20-21H,13-15H2,1-6H3. The van der Waals surface area contributed by atoms with E-state index in [-0.39, 0.29) is 29.5 Å². The zero-order chi connectivity index (χ0) is 26.8. The van der Waals surface area contributed by atoms with Crippen molar-refractivity contribution >= 4 is 29.1 Å². The number of ketones is 1. The highest BCUT2D eigenvalue weighted by Crippen LogP contribution is 2.41. The van der Waals surface area contributed by atoms with Crippen molar-refractivity contribution < 1.29 is 27.5 Å². The molecule has 0 amide bonds. The number of ether oxygens (including phenoxy) is 1. The predicted molar refractivity (Wildman–Crippen MR) is 138 cm³/mol. The predicted octanol–water partition coefficient (Wildman–Crippen LogP) is 7.95. The molecule has 0 radical (unpaired) electrons. The first-order chi connectivity index (χ1) is 16.8. The van der Waals surface area contributed by atoms with Crippen LogP contribution in [0.4, 0.5) is 13.2 Å². The largest absolute Gasteiger partial charge is 0.430 e. The van der Waals surface area contributed by atoms with Crippen molar-refractivity contribution in [3.8, 4) is 0 Å². The van der Waals surface area contributed by atoms with Gasteiger partial charge in [-0.1, -0.05) is 38.5 Å². The lowest BCUT2D eigenvalue weighted by Crippen LogP contribution is -2.27. The van der Waals surface area contributed by atoms with Gasteiger partial charge < -0.3 is 4.74 Å². The van der Waals surface area contributed by atoms with E-state index in [1.165, 1.54) is 23.9 Å². The number of thioether (sulfide) groups is 1.